The van der Waals surface area contributed by atoms with Crippen molar-refractivity contribution < 1.29 is 19.2 Å². The maximum Gasteiger partial charge on any atom is 0.175 e. The van der Waals surface area contributed by atoms with Crippen LogP contribution in [-0.2, 0) is 0 Å². The van der Waals surface area contributed by atoms with Crippen LogP contribution < -0.4 is 0 Å². The van der Waals surface area contributed by atoms with E-state index in [0.717, 1.165) is 5.39 Å². The van der Waals surface area contributed by atoms with Crippen molar-refractivity contribution in [1.82, 2.24) is 4.98 Å². The van der Waals surface area contributed by atoms with Crippen LogP contribution in [0.4, 0.5) is 0 Å². The van der Waals surface area contributed by atoms with Crippen LogP contribution in [0.2, 0.25) is 0 Å². The van der Waals surface area contributed by atoms with E-state index < -0.39 is 17.8 Å². The molecule has 6 rings (SSSR count). The first-order valence-corrected chi connectivity index (χ1v) is 10.8. The van der Waals surface area contributed by atoms with E-state index >= 15 is 0 Å². The summed E-state index contributed by atoms with van der Waals surface area (Å²) >= 11 is 0. The maximum absolute atomic E-state index is 13.5. The van der Waals surface area contributed by atoms with Crippen molar-refractivity contribution in [1.29, 1.82) is 0 Å². The number of benzene rings is 3. The van der Waals surface area contributed by atoms with E-state index in [1.165, 1.54) is 0 Å². The predicted octanol–water partition coefficient (Wildman–Crippen LogP) is 4.71. The van der Waals surface area contributed by atoms with Crippen molar-refractivity contribution in [3.8, 4) is 0 Å². The Kier molecular flexibility index (Phi) is 4.20. The molecule has 5 heteroatoms. The van der Waals surface area contributed by atoms with Gasteiger partial charge in [-0.15, -0.1) is 0 Å². The molecule has 33 heavy (non-hydrogen) atoms. The average Bonchev–Trinajstić information content (AvgIpc) is 3.25. The highest BCUT2D eigenvalue weighted by atomic mass is 16.2. The predicted molar refractivity (Wildman–Crippen MR) is 122 cm³/mol. The third-order valence-electron chi connectivity index (χ3n) is 6.73. The Morgan fingerprint density at radius 2 is 0.939 bits per heavy atom. The summed E-state index contributed by atoms with van der Waals surface area (Å²) in [4.78, 5) is 58.5. The van der Waals surface area contributed by atoms with Gasteiger partial charge in [-0.2, -0.15) is 0 Å². The zero-order valence-corrected chi connectivity index (χ0v) is 17.4. The Hall–Kier alpha value is -4.25. The fourth-order valence-electron chi connectivity index (χ4n) is 5.19. The molecule has 0 amide bonds. The fraction of sp³-hybridized carbons (Fsp3) is 0.107. The summed E-state index contributed by atoms with van der Waals surface area (Å²) < 4.78 is 0. The van der Waals surface area contributed by atoms with Gasteiger partial charge in [0.25, 0.3) is 0 Å². The molecule has 0 unspecified atom stereocenters. The molecule has 0 bridgehead atoms. The molecule has 0 aliphatic heterocycles. The fourth-order valence-corrected chi connectivity index (χ4v) is 5.19. The van der Waals surface area contributed by atoms with Crippen molar-refractivity contribution in [3.63, 3.8) is 0 Å². The molecule has 158 valence electrons. The standard InChI is InChI=1S/C28H17NO4/c30-25-16-8-2-3-9-17(16)26(31)23(25)22(21-14-13-15-7-1-6-12-20(15)29-21)24-27(32)18-10-4-5-11-19(18)28(24)33/h1-14,22-24H. The first kappa shape index (κ1) is 19.4. The number of para-hydroxylation sites is 1. The zero-order valence-electron chi connectivity index (χ0n) is 17.4. The Morgan fingerprint density at radius 3 is 1.42 bits per heavy atom. The van der Waals surface area contributed by atoms with Gasteiger partial charge in [-0.3, -0.25) is 24.2 Å². The minimum atomic E-state index is -1.18. The number of aromatic nitrogens is 1. The summed E-state index contributed by atoms with van der Waals surface area (Å²) in [5.41, 5.74) is 2.38. The smallest absolute Gasteiger partial charge is 0.175 e. The molecule has 0 radical (unpaired) electrons. The number of hydrogen-bond donors (Lipinski definition) is 0. The van der Waals surface area contributed by atoms with E-state index in [9.17, 15) is 19.2 Å². The van der Waals surface area contributed by atoms with Crippen LogP contribution in [0.3, 0.4) is 0 Å². The minimum Gasteiger partial charge on any atom is -0.293 e. The lowest BCUT2D eigenvalue weighted by Crippen LogP contribution is -2.35. The maximum atomic E-state index is 13.5. The number of carbonyl (C=O) groups excluding carboxylic acids is 4. The molecule has 4 aromatic rings. The Morgan fingerprint density at radius 1 is 0.515 bits per heavy atom. The van der Waals surface area contributed by atoms with E-state index in [1.807, 2.05) is 30.3 Å². The van der Waals surface area contributed by atoms with E-state index in [-0.39, 0.29) is 23.1 Å². The third kappa shape index (κ3) is 2.75. The van der Waals surface area contributed by atoms with Crippen LogP contribution in [0, 0.1) is 11.8 Å². The number of pyridine rings is 1. The van der Waals surface area contributed by atoms with Crippen molar-refractivity contribution >= 4 is 34.0 Å². The first-order valence-electron chi connectivity index (χ1n) is 10.8. The van der Waals surface area contributed by atoms with Gasteiger partial charge in [-0.1, -0.05) is 72.8 Å². The van der Waals surface area contributed by atoms with E-state index in [0.29, 0.717) is 33.5 Å². The van der Waals surface area contributed by atoms with Gasteiger partial charge in [0.15, 0.2) is 23.1 Å². The molecule has 0 atom stereocenters. The lowest BCUT2D eigenvalue weighted by Gasteiger charge is -2.25. The second kappa shape index (κ2) is 7.14. The zero-order chi connectivity index (χ0) is 22.7. The average molecular weight is 431 g/mol. The Balaban J connectivity index is 1.56. The monoisotopic (exact) mass is 431 g/mol. The number of carbonyl (C=O) groups is 4. The lowest BCUT2D eigenvalue weighted by atomic mass is 9.74. The van der Waals surface area contributed by atoms with Crippen LogP contribution in [0.25, 0.3) is 10.9 Å². The molecule has 0 saturated heterocycles. The summed E-state index contributed by atoms with van der Waals surface area (Å²) in [5.74, 6) is -4.82. The van der Waals surface area contributed by atoms with Gasteiger partial charge in [-0.25, -0.2) is 0 Å². The van der Waals surface area contributed by atoms with Gasteiger partial charge < -0.3 is 0 Å². The highest BCUT2D eigenvalue weighted by molar-refractivity contribution is 6.30. The van der Waals surface area contributed by atoms with Gasteiger partial charge in [-0.05, 0) is 12.1 Å². The van der Waals surface area contributed by atoms with Crippen LogP contribution in [-0.4, -0.2) is 28.1 Å². The lowest BCUT2D eigenvalue weighted by molar-refractivity contribution is 0.0726. The Labute approximate surface area is 189 Å². The number of rotatable bonds is 3. The number of ketones is 4. The summed E-state index contributed by atoms with van der Waals surface area (Å²) in [7, 11) is 0. The number of fused-ring (bicyclic) bond motifs is 3. The molecule has 0 N–H and O–H groups in total. The SMILES string of the molecule is O=C1c2ccccc2C(=O)C1C(c1ccc2ccccc2n1)C1C(=O)c2ccccc2C1=O. The molecule has 5 nitrogen and oxygen atoms in total. The summed E-state index contributed by atoms with van der Waals surface area (Å²) in [6.07, 6.45) is 0. The van der Waals surface area contributed by atoms with Crippen molar-refractivity contribution in [3.05, 3.63) is 113 Å². The van der Waals surface area contributed by atoms with Crippen molar-refractivity contribution in [2.45, 2.75) is 5.92 Å². The van der Waals surface area contributed by atoms with Crippen LogP contribution in [0.15, 0.2) is 84.9 Å². The van der Waals surface area contributed by atoms with E-state index in [4.69, 9.17) is 4.98 Å². The first-order chi connectivity index (χ1) is 16.1. The number of Topliss-reactive ketones (excluding diaryl/α,β-unsaturated/α-hetero) is 4. The highest BCUT2D eigenvalue weighted by Gasteiger charge is 2.53. The molecule has 1 aromatic heterocycles. The molecule has 3 aromatic carbocycles. The molecule has 2 aliphatic carbocycles. The van der Waals surface area contributed by atoms with Crippen LogP contribution >= 0.6 is 0 Å². The summed E-state index contributed by atoms with van der Waals surface area (Å²) in [6.45, 7) is 0. The summed E-state index contributed by atoms with van der Waals surface area (Å²) in [6, 6.07) is 24.3. The van der Waals surface area contributed by atoms with E-state index in [2.05, 4.69) is 0 Å². The summed E-state index contributed by atoms with van der Waals surface area (Å²) in [5, 5.41) is 0.889. The molecule has 2 aliphatic rings. The molecular formula is C28H17NO4. The highest BCUT2D eigenvalue weighted by Crippen LogP contribution is 2.45. The van der Waals surface area contributed by atoms with Crippen LogP contribution in [0.5, 0.6) is 0 Å². The molecule has 1 heterocycles. The van der Waals surface area contributed by atoms with E-state index in [1.54, 1.807) is 54.6 Å². The second-order valence-electron chi connectivity index (χ2n) is 8.46. The number of nitrogens with zero attached hydrogens (tertiary/aromatic N) is 1. The molecule has 0 fully saturated rings. The quantitative estimate of drug-likeness (QED) is 0.439. The topological polar surface area (TPSA) is 81.2 Å². The van der Waals surface area contributed by atoms with Crippen LogP contribution in [0.1, 0.15) is 53.0 Å². The second-order valence-corrected chi connectivity index (χ2v) is 8.46. The van der Waals surface area contributed by atoms with Crippen molar-refractivity contribution in [2.75, 3.05) is 0 Å². The van der Waals surface area contributed by atoms with Gasteiger partial charge in [0.1, 0.15) is 0 Å². The van der Waals surface area contributed by atoms with Crippen molar-refractivity contribution in [2.24, 2.45) is 11.8 Å². The third-order valence-corrected chi connectivity index (χ3v) is 6.73. The van der Waals surface area contributed by atoms with Gasteiger partial charge >= 0.3 is 0 Å². The van der Waals surface area contributed by atoms with Gasteiger partial charge in [0, 0.05) is 39.3 Å². The molecule has 0 spiro atoms. The minimum absolute atomic E-state index is 0.327. The van der Waals surface area contributed by atoms with Gasteiger partial charge in [0.05, 0.1) is 17.4 Å². The normalized spacial score (nSPS) is 16.2. The number of hydrogen-bond acceptors (Lipinski definition) is 5. The molecule has 0 saturated carbocycles. The largest absolute Gasteiger partial charge is 0.293 e. The van der Waals surface area contributed by atoms with Gasteiger partial charge in [0.2, 0.25) is 0 Å². The Bertz CT molecular complexity index is 1370. The molecular weight excluding hydrogens is 414 g/mol.